The van der Waals surface area contributed by atoms with Gasteiger partial charge < -0.3 is 19.7 Å². The van der Waals surface area contributed by atoms with Crippen molar-refractivity contribution in [2.45, 2.75) is 36.0 Å². The van der Waals surface area contributed by atoms with Gasteiger partial charge in [0.15, 0.2) is 11.8 Å². The summed E-state index contributed by atoms with van der Waals surface area (Å²) in [5.74, 6) is -0.460. The van der Waals surface area contributed by atoms with Gasteiger partial charge in [-0.3, -0.25) is 4.79 Å². The molecule has 230 valence electrons. The first-order valence-electron chi connectivity index (χ1n) is 13.9. The van der Waals surface area contributed by atoms with Crippen molar-refractivity contribution in [2.24, 2.45) is 0 Å². The third kappa shape index (κ3) is 5.05. The van der Waals surface area contributed by atoms with Crippen molar-refractivity contribution >= 4 is 39.3 Å². The molecule has 0 aromatic heterocycles. The summed E-state index contributed by atoms with van der Waals surface area (Å²) in [7, 11) is 1.88. The van der Waals surface area contributed by atoms with E-state index in [9.17, 15) is 18.5 Å². The van der Waals surface area contributed by atoms with E-state index >= 15 is 4.79 Å². The first kappa shape index (κ1) is 31.3. The van der Waals surface area contributed by atoms with Gasteiger partial charge in [-0.2, -0.15) is 5.26 Å². The fraction of sp³-hybridized carbons (Fsp3) is 0.323. The Bertz CT molecular complexity index is 1760. The molecule has 0 saturated carbocycles. The van der Waals surface area contributed by atoms with Crippen LogP contribution in [0.4, 0.5) is 10.5 Å². The molecule has 0 radical (unpaired) electrons. The van der Waals surface area contributed by atoms with Crippen LogP contribution in [0.1, 0.15) is 35.1 Å². The van der Waals surface area contributed by atoms with Crippen LogP contribution >= 0.6 is 11.6 Å². The number of nitriles is 1. The SMILES string of the molecule is CNCc1ccc(OC)c(C2(N3CCC[C@@H]3OC(=O)N(C)C)C(=O)N(S(=O)(=O)c3ccc(C#N)cc3)c3ccc(Cl)cc32)c1. The molecule has 3 aromatic carbocycles. The van der Waals surface area contributed by atoms with E-state index in [1.807, 2.05) is 12.1 Å². The summed E-state index contributed by atoms with van der Waals surface area (Å²) in [5, 5.41) is 12.6. The zero-order valence-electron chi connectivity index (χ0n) is 24.7. The van der Waals surface area contributed by atoms with Crippen LogP contribution in [-0.4, -0.2) is 71.2 Å². The number of likely N-dealkylation sites (tertiary alicyclic amines) is 1. The van der Waals surface area contributed by atoms with Crippen molar-refractivity contribution in [3.8, 4) is 11.8 Å². The van der Waals surface area contributed by atoms with E-state index in [4.69, 9.17) is 21.1 Å². The zero-order valence-corrected chi connectivity index (χ0v) is 26.3. The molecule has 2 amide bonds. The second kappa shape index (κ2) is 12.1. The highest BCUT2D eigenvalue weighted by atomic mass is 35.5. The molecule has 5 rings (SSSR count). The summed E-state index contributed by atoms with van der Waals surface area (Å²) >= 11 is 6.56. The Balaban J connectivity index is 1.83. The Morgan fingerprint density at radius 1 is 1.14 bits per heavy atom. The van der Waals surface area contributed by atoms with E-state index in [2.05, 4.69) is 5.32 Å². The molecule has 3 aromatic rings. The number of amides is 2. The Morgan fingerprint density at radius 3 is 2.50 bits per heavy atom. The van der Waals surface area contributed by atoms with Crippen LogP contribution in [0.25, 0.3) is 0 Å². The summed E-state index contributed by atoms with van der Waals surface area (Å²) in [6.45, 7) is 0.753. The summed E-state index contributed by atoms with van der Waals surface area (Å²) < 4.78 is 41.2. The topological polar surface area (TPSA) is 132 Å². The second-order valence-corrected chi connectivity index (χ2v) is 12.9. The second-order valence-electron chi connectivity index (χ2n) is 10.7. The minimum absolute atomic E-state index is 0.106. The Morgan fingerprint density at radius 2 is 1.86 bits per heavy atom. The molecule has 2 heterocycles. The fourth-order valence-electron chi connectivity index (χ4n) is 5.90. The molecular formula is C31H32ClN5O6S. The lowest BCUT2D eigenvalue weighted by atomic mass is 9.80. The molecule has 0 bridgehead atoms. The van der Waals surface area contributed by atoms with Crippen LogP contribution in [0.2, 0.25) is 5.02 Å². The highest BCUT2D eigenvalue weighted by Crippen LogP contribution is 2.55. The molecule has 1 saturated heterocycles. The van der Waals surface area contributed by atoms with Gasteiger partial charge in [-0.25, -0.2) is 22.4 Å². The fourth-order valence-corrected chi connectivity index (χ4v) is 7.53. The summed E-state index contributed by atoms with van der Waals surface area (Å²) in [5.41, 5.74) is 0.0595. The van der Waals surface area contributed by atoms with Crippen LogP contribution in [0, 0.1) is 11.3 Å². The number of methoxy groups -OCH3 is 1. The van der Waals surface area contributed by atoms with Crippen molar-refractivity contribution in [1.82, 2.24) is 15.1 Å². The highest BCUT2D eigenvalue weighted by Gasteiger charge is 2.63. The number of nitrogens with one attached hydrogen (secondary N) is 1. The number of rotatable bonds is 8. The number of carbonyl (C=O) groups excluding carboxylic acids is 2. The summed E-state index contributed by atoms with van der Waals surface area (Å²) in [6, 6.07) is 17.3. The number of fused-ring (bicyclic) bond motifs is 1. The molecule has 1 fully saturated rings. The molecule has 0 spiro atoms. The van der Waals surface area contributed by atoms with Crippen molar-refractivity contribution in [2.75, 3.05) is 39.1 Å². The summed E-state index contributed by atoms with van der Waals surface area (Å²) in [4.78, 5) is 30.9. The number of halogens is 1. The quantitative estimate of drug-likeness (QED) is 0.389. The maximum absolute atomic E-state index is 15.2. The molecule has 2 atom stereocenters. The first-order chi connectivity index (χ1) is 21.0. The minimum Gasteiger partial charge on any atom is -0.496 e. The van der Waals surface area contributed by atoms with Crippen LogP contribution in [0.15, 0.2) is 65.6 Å². The molecule has 2 aliphatic heterocycles. The Kier molecular flexibility index (Phi) is 8.59. The average molecular weight is 638 g/mol. The molecule has 44 heavy (non-hydrogen) atoms. The lowest BCUT2D eigenvalue weighted by molar-refractivity contribution is -0.132. The van der Waals surface area contributed by atoms with Crippen molar-refractivity contribution < 1.29 is 27.5 Å². The lowest BCUT2D eigenvalue weighted by Gasteiger charge is -2.41. The first-order valence-corrected chi connectivity index (χ1v) is 15.7. The number of carbonyl (C=O) groups is 2. The molecule has 0 aliphatic carbocycles. The third-order valence-corrected chi connectivity index (χ3v) is 9.79. The molecule has 11 nitrogen and oxygen atoms in total. The smallest absolute Gasteiger partial charge is 0.410 e. The van der Waals surface area contributed by atoms with E-state index in [1.165, 1.54) is 48.4 Å². The Hall–Kier alpha value is -4.15. The van der Waals surface area contributed by atoms with Gasteiger partial charge in [0.1, 0.15) is 5.75 Å². The monoisotopic (exact) mass is 637 g/mol. The van der Waals surface area contributed by atoms with Gasteiger partial charge in [-0.1, -0.05) is 17.7 Å². The number of hydrogen-bond acceptors (Lipinski definition) is 9. The maximum Gasteiger partial charge on any atom is 0.410 e. The molecular weight excluding hydrogens is 606 g/mol. The van der Waals surface area contributed by atoms with E-state index in [0.717, 1.165) is 9.87 Å². The van der Waals surface area contributed by atoms with E-state index in [-0.39, 0.29) is 21.2 Å². The maximum atomic E-state index is 15.2. The molecule has 1 unspecified atom stereocenters. The van der Waals surface area contributed by atoms with Crippen molar-refractivity contribution in [3.63, 3.8) is 0 Å². The van der Waals surface area contributed by atoms with Crippen LogP contribution in [0.3, 0.4) is 0 Å². The standard InChI is InChI=1S/C31H32ClN5O6S/c1-34-19-21-9-14-27(42-4)25(16-21)31(36-15-5-6-28(36)43-30(39)35(2)3)24-17-22(32)10-13-26(24)37(29(31)38)44(40,41)23-11-7-20(18-33)8-12-23/h7-14,16-17,28,34H,5-6,15,19H2,1-4H3/t28-,31?/m0/s1. The third-order valence-electron chi connectivity index (χ3n) is 7.85. The highest BCUT2D eigenvalue weighted by molar-refractivity contribution is 7.93. The molecule has 1 N–H and O–H groups in total. The van der Waals surface area contributed by atoms with E-state index in [0.29, 0.717) is 42.8 Å². The van der Waals surface area contributed by atoms with Crippen molar-refractivity contribution in [3.05, 3.63) is 87.9 Å². The Labute approximate surface area is 261 Å². The van der Waals surface area contributed by atoms with E-state index < -0.39 is 33.8 Å². The number of benzene rings is 3. The van der Waals surface area contributed by atoms with Crippen molar-refractivity contribution in [1.29, 1.82) is 5.26 Å². The number of hydrogen-bond donors (Lipinski definition) is 1. The van der Waals surface area contributed by atoms with Gasteiger partial charge in [0.05, 0.1) is 29.3 Å². The van der Waals surface area contributed by atoms with Crippen LogP contribution in [-0.2, 0) is 31.6 Å². The summed E-state index contributed by atoms with van der Waals surface area (Å²) in [6.07, 6.45) is -0.509. The molecule has 2 aliphatic rings. The lowest BCUT2D eigenvalue weighted by Crippen LogP contribution is -2.57. The number of sulfonamides is 1. The minimum atomic E-state index is -4.51. The van der Waals surface area contributed by atoms with Gasteiger partial charge in [0.25, 0.3) is 15.9 Å². The van der Waals surface area contributed by atoms with Gasteiger partial charge >= 0.3 is 6.09 Å². The van der Waals surface area contributed by atoms with Gasteiger partial charge in [-0.15, -0.1) is 0 Å². The van der Waals surface area contributed by atoms with Crippen LogP contribution < -0.4 is 14.4 Å². The van der Waals surface area contributed by atoms with Gasteiger partial charge in [-0.05, 0) is 80.1 Å². The average Bonchev–Trinajstić information content (AvgIpc) is 3.57. The predicted octanol–water partition coefficient (Wildman–Crippen LogP) is 4.04. The zero-order chi connectivity index (χ0) is 31.8. The van der Waals surface area contributed by atoms with Crippen LogP contribution in [0.5, 0.6) is 5.75 Å². The number of nitrogens with zero attached hydrogens (tertiary/aromatic N) is 4. The van der Waals surface area contributed by atoms with E-state index in [1.54, 1.807) is 44.2 Å². The largest absolute Gasteiger partial charge is 0.496 e. The molecule has 13 heteroatoms. The number of anilines is 1. The van der Waals surface area contributed by atoms with Gasteiger partial charge in [0, 0.05) is 43.3 Å². The number of ether oxygens (including phenoxy) is 2. The van der Waals surface area contributed by atoms with Gasteiger partial charge in [0.2, 0.25) is 0 Å². The normalized spacial score (nSPS) is 19.9. The predicted molar refractivity (Wildman–Crippen MR) is 164 cm³/mol.